The average Bonchev–Trinajstić information content (AvgIpc) is 2.49. The highest BCUT2D eigenvalue weighted by atomic mass is 32.1. The van der Waals surface area contributed by atoms with Crippen LogP contribution in [0.15, 0.2) is 18.2 Å². The van der Waals surface area contributed by atoms with Gasteiger partial charge in [-0.25, -0.2) is 0 Å². The molecule has 1 aliphatic rings. The van der Waals surface area contributed by atoms with E-state index in [2.05, 4.69) is 17.9 Å². The Hall–Kier alpha value is -1.13. The molecule has 1 aromatic carbocycles. The second-order valence-corrected chi connectivity index (χ2v) is 6.24. The van der Waals surface area contributed by atoms with E-state index in [4.69, 9.17) is 22.7 Å². The molecule has 1 saturated heterocycles. The van der Waals surface area contributed by atoms with Crippen molar-refractivity contribution in [2.45, 2.75) is 51.6 Å². The molecule has 4 heteroatoms. The number of benzene rings is 1. The lowest BCUT2D eigenvalue weighted by Crippen LogP contribution is -2.38. The van der Waals surface area contributed by atoms with Gasteiger partial charge in [0.1, 0.15) is 10.7 Å². The van der Waals surface area contributed by atoms with Crippen molar-refractivity contribution in [3.05, 3.63) is 29.3 Å². The standard InChI is InChI=1S/C17H26N2OS/c1-3-6-15-7-4-5-10-19(15)12-14-11-13(17(18)21)8-9-16(14)20-2/h8-9,11,15H,3-7,10,12H2,1-2H3,(H2,18,21). The lowest BCUT2D eigenvalue weighted by molar-refractivity contribution is 0.130. The van der Waals surface area contributed by atoms with E-state index in [1.807, 2.05) is 12.1 Å². The van der Waals surface area contributed by atoms with Crippen molar-refractivity contribution >= 4 is 17.2 Å². The van der Waals surface area contributed by atoms with Gasteiger partial charge in [0, 0.05) is 23.7 Å². The number of hydrogen-bond acceptors (Lipinski definition) is 3. The van der Waals surface area contributed by atoms with Crippen LogP contribution in [0.1, 0.15) is 50.2 Å². The lowest BCUT2D eigenvalue weighted by Gasteiger charge is -2.36. The third-order valence-corrected chi connectivity index (χ3v) is 4.55. The number of nitrogens with zero attached hydrogens (tertiary/aromatic N) is 1. The van der Waals surface area contributed by atoms with Gasteiger partial charge < -0.3 is 10.5 Å². The summed E-state index contributed by atoms with van der Waals surface area (Å²) in [6.45, 7) is 4.36. The van der Waals surface area contributed by atoms with Gasteiger partial charge in [-0.15, -0.1) is 0 Å². The SMILES string of the molecule is CCCC1CCCCN1Cc1cc(C(N)=S)ccc1OC. The van der Waals surface area contributed by atoms with Crippen molar-refractivity contribution in [3.8, 4) is 5.75 Å². The molecule has 0 aromatic heterocycles. The summed E-state index contributed by atoms with van der Waals surface area (Å²) < 4.78 is 5.51. The van der Waals surface area contributed by atoms with Crippen LogP contribution in [0.3, 0.4) is 0 Å². The van der Waals surface area contributed by atoms with Crippen molar-refractivity contribution < 1.29 is 4.74 Å². The zero-order chi connectivity index (χ0) is 15.2. The monoisotopic (exact) mass is 306 g/mol. The molecule has 1 aliphatic heterocycles. The maximum absolute atomic E-state index is 5.76. The number of rotatable bonds is 6. The van der Waals surface area contributed by atoms with Gasteiger partial charge >= 0.3 is 0 Å². The molecule has 2 N–H and O–H groups in total. The lowest BCUT2D eigenvalue weighted by atomic mass is 9.97. The molecule has 1 unspecified atom stereocenters. The van der Waals surface area contributed by atoms with Crippen molar-refractivity contribution in [1.29, 1.82) is 0 Å². The van der Waals surface area contributed by atoms with Crippen LogP contribution in [-0.4, -0.2) is 29.6 Å². The van der Waals surface area contributed by atoms with Crippen LogP contribution in [0.2, 0.25) is 0 Å². The number of nitrogens with two attached hydrogens (primary N) is 1. The van der Waals surface area contributed by atoms with Gasteiger partial charge in [-0.3, -0.25) is 4.90 Å². The predicted octanol–water partition coefficient (Wildman–Crippen LogP) is 3.48. The minimum absolute atomic E-state index is 0.447. The summed E-state index contributed by atoms with van der Waals surface area (Å²) in [5.74, 6) is 0.927. The summed E-state index contributed by atoms with van der Waals surface area (Å²) >= 11 is 5.09. The maximum atomic E-state index is 5.76. The van der Waals surface area contributed by atoms with Crippen molar-refractivity contribution in [3.63, 3.8) is 0 Å². The van der Waals surface area contributed by atoms with Crippen LogP contribution in [0.25, 0.3) is 0 Å². The molecule has 0 saturated carbocycles. The summed E-state index contributed by atoms with van der Waals surface area (Å²) in [5, 5.41) is 0. The molecule has 0 spiro atoms. The highest BCUT2D eigenvalue weighted by Gasteiger charge is 2.22. The Morgan fingerprint density at radius 3 is 2.90 bits per heavy atom. The Morgan fingerprint density at radius 2 is 2.24 bits per heavy atom. The smallest absolute Gasteiger partial charge is 0.123 e. The fourth-order valence-corrected chi connectivity index (χ4v) is 3.33. The second kappa shape index (κ2) is 7.76. The van der Waals surface area contributed by atoms with E-state index in [0.29, 0.717) is 11.0 Å². The summed E-state index contributed by atoms with van der Waals surface area (Å²) in [6, 6.07) is 6.69. The Kier molecular flexibility index (Phi) is 6.00. The Morgan fingerprint density at radius 1 is 1.43 bits per heavy atom. The maximum Gasteiger partial charge on any atom is 0.123 e. The highest BCUT2D eigenvalue weighted by Crippen LogP contribution is 2.27. The van der Waals surface area contributed by atoms with Crippen LogP contribution in [-0.2, 0) is 6.54 Å². The van der Waals surface area contributed by atoms with E-state index < -0.39 is 0 Å². The zero-order valence-corrected chi connectivity index (χ0v) is 13.9. The van der Waals surface area contributed by atoms with Gasteiger partial charge in [0.2, 0.25) is 0 Å². The third kappa shape index (κ3) is 4.17. The molecule has 0 aliphatic carbocycles. The fourth-order valence-electron chi connectivity index (χ4n) is 3.20. The van der Waals surface area contributed by atoms with Crippen LogP contribution < -0.4 is 10.5 Å². The molecule has 3 nitrogen and oxygen atoms in total. The van der Waals surface area contributed by atoms with E-state index in [0.717, 1.165) is 17.9 Å². The first kappa shape index (κ1) is 16.2. The van der Waals surface area contributed by atoms with Gasteiger partial charge in [-0.1, -0.05) is 32.0 Å². The number of likely N-dealkylation sites (tertiary alicyclic amines) is 1. The van der Waals surface area contributed by atoms with Crippen molar-refractivity contribution in [2.24, 2.45) is 5.73 Å². The Balaban J connectivity index is 2.19. The Bertz CT molecular complexity index is 488. The first-order valence-corrected chi connectivity index (χ1v) is 8.27. The number of methoxy groups -OCH3 is 1. The van der Waals surface area contributed by atoms with E-state index in [-0.39, 0.29) is 0 Å². The quantitative estimate of drug-likeness (QED) is 0.817. The van der Waals surface area contributed by atoms with Crippen molar-refractivity contribution in [2.75, 3.05) is 13.7 Å². The predicted molar refractivity (Wildman–Crippen MR) is 91.8 cm³/mol. The number of hydrogen-bond donors (Lipinski definition) is 1. The molecule has 21 heavy (non-hydrogen) atoms. The zero-order valence-electron chi connectivity index (χ0n) is 13.1. The van der Waals surface area contributed by atoms with Crippen LogP contribution in [0.4, 0.5) is 0 Å². The highest BCUT2D eigenvalue weighted by molar-refractivity contribution is 7.80. The van der Waals surface area contributed by atoms with Crippen LogP contribution >= 0.6 is 12.2 Å². The molecule has 1 atom stereocenters. The van der Waals surface area contributed by atoms with E-state index in [1.165, 1.54) is 44.2 Å². The van der Waals surface area contributed by atoms with E-state index >= 15 is 0 Å². The molecule has 1 heterocycles. The third-order valence-electron chi connectivity index (χ3n) is 4.31. The Labute approximate surface area is 133 Å². The van der Waals surface area contributed by atoms with Crippen LogP contribution in [0, 0.1) is 0 Å². The molecule has 0 radical (unpaired) electrons. The van der Waals surface area contributed by atoms with Gasteiger partial charge in [-0.2, -0.15) is 0 Å². The summed E-state index contributed by atoms with van der Waals surface area (Å²) in [5.41, 5.74) is 7.87. The molecule has 0 amide bonds. The normalized spacial score (nSPS) is 19.4. The first-order valence-electron chi connectivity index (χ1n) is 7.86. The molecule has 0 bridgehead atoms. The van der Waals surface area contributed by atoms with Crippen LogP contribution in [0.5, 0.6) is 5.75 Å². The number of piperidine rings is 1. The number of thiocarbonyl (C=S) groups is 1. The molecule has 116 valence electrons. The van der Waals surface area contributed by atoms with Crippen molar-refractivity contribution in [1.82, 2.24) is 4.90 Å². The largest absolute Gasteiger partial charge is 0.496 e. The number of ether oxygens (including phenoxy) is 1. The minimum Gasteiger partial charge on any atom is -0.496 e. The molecule has 1 fully saturated rings. The fraction of sp³-hybridized carbons (Fsp3) is 0.588. The summed E-state index contributed by atoms with van der Waals surface area (Å²) in [4.78, 5) is 3.04. The topological polar surface area (TPSA) is 38.5 Å². The molecule has 1 aromatic rings. The van der Waals surface area contributed by atoms with E-state index in [9.17, 15) is 0 Å². The molecular weight excluding hydrogens is 280 g/mol. The van der Waals surface area contributed by atoms with Gasteiger partial charge in [0.25, 0.3) is 0 Å². The van der Waals surface area contributed by atoms with Gasteiger partial charge in [0.15, 0.2) is 0 Å². The summed E-state index contributed by atoms with van der Waals surface area (Å²) in [7, 11) is 1.72. The summed E-state index contributed by atoms with van der Waals surface area (Å²) in [6.07, 6.45) is 6.47. The van der Waals surface area contributed by atoms with E-state index in [1.54, 1.807) is 7.11 Å². The second-order valence-electron chi connectivity index (χ2n) is 5.80. The van der Waals surface area contributed by atoms with Gasteiger partial charge in [0.05, 0.1) is 7.11 Å². The average molecular weight is 306 g/mol. The first-order chi connectivity index (χ1) is 10.2. The molecular formula is C17H26N2OS. The van der Waals surface area contributed by atoms with Gasteiger partial charge in [-0.05, 0) is 44.0 Å². The molecule has 2 rings (SSSR count). The minimum atomic E-state index is 0.447.